The molecule has 0 saturated heterocycles. The number of nitrogens with one attached hydrogen (secondary N) is 3. The average molecular weight is 774 g/mol. The van der Waals surface area contributed by atoms with Gasteiger partial charge in [0.25, 0.3) is 11.6 Å². The summed E-state index contributed by atoms with van der Waals surface area (Å²) < 4.78 is 28.3. The van der Waals surface area contributed by atoms with Crippen LogP contribution in [0.2, 0.25) is 0 Å². The Labute approximate surface area is 288 Å². The van der Waals surface area contributed by atoms with Gasteiger partial charge >= 0.3 is 12.0 Å². The van der Waals surface area contributed by atoms with E-state index < -0.39 is 35.5 Å². The van der Waals surface area contributed by atoms with Crippen LogP contribution < -0.4 is 35.0 Å². The molecule has 0 saturated carbocycles. The number of ether oxygens (including phenoxy) is 5. The third-order valence-corrected chi connectivity index (χ3v) is 7.60. The number of non-ortho nitro benzene ring substituents is 1. The SMILES string of the molecule is CCOC(=O)C1=C(C)NC(=O)N[C@H]1c1ccc(OCC(=O)N/N=C\c2cc(I)c(OCc3cccc([N+](=O)[O-])c3)c(OC)c2)c(OC)c1. The number of hydrogen-bond donors (Lipinski definition) is 3. The summed E-state index contributed by atoms with van der Waals surface area (Å²) in [7, 11) is 2.90. The van der Waals surface area contributed by atoms with E-state index in [4.69, 9.17) is 23.7 Å². The van der Waals surface area contributed by atoms with Gasteiger partial charge in [0, 0.05) is 17.8 Å². The molecule has 252 valence electrons. The molecule has 1 aliphatic heterocycles. The zero-order valence-electron chi connectivity index (χ0n) is 26.3. The first-order valence-corrected chi connectivity index (χ1v) is 15.4. The van der Waals surface area contributed by atoms with Crippen molar-refractivity contribution in [2.24, 2.45) is 5.10 Å². The number of carbonyl (C=O) groups is 3. The molecule has 0 fully saturated rings. The fraction of sp³-hybridized carbons (Fsp3) is 0.250. The molecule has 0 aromatic heterocycles. The van der Waals surface area contributed by atoms with Crippen molar-refractivity contribution in [2.45, 2.75) is 26.5 Å². The molecule has 0 spiro atoms. The Morgan fingerprint density at radius 2 is 1.83 bits per heavy atom. The Hall–Kier alpha value is -5.39. The minimum absolute atomic E-state index is 0.0311. The lowest BCUT2D eigenvalue weighted by molar-refractivity contribution is -0.384. The van der Waals surface area contributed by atoms with Crippen LogP contribution in [0.3, 0.4) is 0 Å². The molecule has 3 aromatic rings. The summed E-state index contributed by atoms with van der Waals surface area (Å²) in [5, 5.41) is 20.4. The number of amides is 3. The summed E-state index contributed by atoms with van der Waals surface area (Å²) >= 11 is 2.07. The molecule has 48 heavy (non-hydrogen) atoms. The van der Waals surface area contributed by atoms with E-state index in [0.29, 0.717) is 37.5 Å². The number of methoxy groups -OCH3 is 2. The second-order valence-corrected chi connectivity index (χ2v) is 11.2. The fourth-order valence-electron chi connectivity index (χ4n) is 4.63. The van der Waals surface area contributed by atoms with Crippen molar-refractivity contribution in [2.75, 3.05) is 27.4 Å². The second kappa shape index (κ2) is 16.4. The Kier molecular flexibility index (Phi) is 12.1. The molecular weight excluding hydrogens is 741 g/mol. The van der Waals surface area contributed by atoms with Crippen LogP contribution in [-0.4, -0.2) is 56.5 Å². The zero-order chi connectivity index (χ0) is 34.8. The van der Waals surface area contributed by atoms with E-state index >= 15 is 0 Å². The van der Waals surface area contributed by atoms with E-state index in [1.165, 1.54) is 32.6 Å². The van der Waals surface area contributed by atoms with Crippen LogP contribution in [0.25, 0.3) is 0 Å². The molecule has 1 aliphatic rings. The second-order valence-electron chi connectivity index (χ2n) is 10.0. The standard InChI is InChI=1S/C32H32IN5O10/c1-5-46-31(40)28-18(2)35-32(41)36-29(28)21-9-10-24(25(14-21)44-3)47-17-27(39)37-34-15-20-12-23(33)30(26(13-20)45-4)48-16-19-7-6-8-22(11-19)38(42)43/h6-15,29H,5,16-17H2,1-4H3,(H,37,39)(H2,35,36,41)/b34-15-/t29-/m0/s1. The minimum Gasteiger partial charge on any atom is -0.493 e. The minimum atomic E-state index is -0.798. The molecule has 15 nitrogen and oxygen atoms in total. The van der Waals surface area contributed by atoms with Crippen molar-refractivity contribution in [3.05, 3.63) is 96.2 Å². The van der Waals surface area contributed by atoms with Crippen molar-refractivity contribution in [3.8, 4) is 23.0 Å². The number of benzene rings is 3. The van der Waals surface area contributed by atoms with Gasteiger partial charge in [0.2, 0.25) is 0 Å². The summed E-state index contributed by atoms with van der Waals surface area (Å²) in [5.74, 6) is 0.253. The zero-order valence-corrected chi connectivity index (χ0v) is 28.5. The van der Waals surface area contributed by atoms with Gasteiger partial charge in [0.05, 0.1) is 47.1 Å². The predicted octanol–water partition coefficient (Wildman–Crippen LogP) is 4.52. The predicted molar refractivity (Wildman–Crippen MR) is 181 cm³/mol. The Balaban J connectivity index is 1.37. The summed E-state index contributed by atoms with van der Waals surface area (Å²) in [4.78, 5) is 47.9. The van der Waals surface area contributed by atoms with Gasteiger partial charge in [-0.15, -0.1) is 0 Å². The average Bonchev–Trinajstić information content (AvgIpc) is 3.06. The maximum atomic E-state index is 12.6. The summed E-state index contributed by atoms with van der Waals surface area (Å²) in [6.45, 7) is 3.16. The molecule has 0 unspecified atom stereocenters. The van der Waals surface area contributed by atoms with Crippen LogP contribution >= 0.6 is 22.6 Å². The topological polar surface area (TPSA) is 189 Å². The number of urea groups is 1. The number of nitrogens with zero attached hydrogens (tertiary/aromatic N) is 2. The number of nitro benzene ring substituents is 1. The van der Waals surface area contributed by atoms with E-state index in [0.717, 1.165) is 0 Å². The summed E-state index contributed by atoms with van der Waals surface area (Å²) in [5.41, 5.74) is 4.75. The van der Waals surface area contributed by atoms with E-state index in [-0.39, 0.29) is 36.0 Å². The van der Waals surface area contributed by atoms with Crippen molar-refractivity contribution < 1.29 is 43.0 Å². The first kappa shape index (κ1) is 35.5. The largest absolute Gasteiger partial charge is 0.493 e. The van der Waals surface area contributed by atoms with Crippen LogP contribution in [-0.2, 0) is 20.9 Å². The maximum absolute atomic E-state index is 12.6. The molecule has 0 bridgehead atoms. The molecule has 4 rings (SSSR count). The van der Waals surface area contributed by atoms with Gasteiger partial charge in [0.15, 0.2) is 29.6 Å². The van der Waals surface area contributed by atoms with Crippen LogP contribution in [0.15, 0.2) is 71.0 Å². The van der Waals surface area contributed by atoms with Gasteiger partial charge in [-0.25, -0.2) is 15.0 Å². The lowest BCUT2D eigenvalue weighted by atomic mass is 9.95. The highest BCUT2D eigenvalue weighted by Gasteiger charge is 2.32. The highest BCUT2D eigenvalue weighted by molar-refractivity contribution is 14.1. The number of esters is 1. The number of hydrogen-bond acceptors (Lipinski definition) is 11. The van der Waals surface area contributed by atoms with E-state index in [1.807, 2.05) is 0 Å². The summed E-state index contributed by atoms with van der Waals surface area (Å²) in [6.07, 6.45) is 1.42. The molecule has 0 aliphatic carbocycles. The molecule has 3 aromatic carbocycles. The number of hydrazone groups is 1. The number of nitro groups is 1. The van der Waals surface area contributed by atoms with Crippen LogP contribution in [0, 0.1) is 13.7 Å². The van der Waals surface area contributed by atoms with Gasteiger partial charge in [0.1, 0.15) is 6.61 Å². The molecule has 0 radical (unpaired) electrons. The highest BCUT2D eigenvalue weighted by Crippen LogP contribution is 2.36. The number of halogens is 1. The fourth-order valence-corrected chi connectivity index (χ4v) is 5.41. The lowest BCUT2D eigenvalue weighted by Gasteiger charge is -2.28. The maximum Gasteiger partial charge on any atom is 0.338 e. The van der Waals surface area contributed by atoms with E-state index in [1.54, 1.807) is 56.3 Å². The van der Waals surface area contributed by atoms with Gasteiger partial charge in [-0.1, -0.05) is 18.2 Å². The van der Waals surface area contributed by atoms with Crippen LogP contribution in [0.4, 0.5) is 10.5 Å². The Bertz CT molecular complexity index is 1780. The molecular formula is C32H32IN5O10. The third-order valence-electron chi connectivity index (χ3n) is 6.80. The monoisotopic (exact) mass is 773 g/mol. The van der Waals surface area contributed by atoms with Crippen molar-refractivity contribution in [1.82, 2.24) is 16.1 Å². The van der Waals surface area contributed by atoms with E-state index in [9.17, 15) is 24.5 Å². The smallest absolute Gasteiger partial charge is 0.338 e. The lowest BCUT2D eigenvalue weighted by Crippen LogP contribution is -2.45. The molecule has 16 heteroatoms. The molecule has 3 amide bonds. The van der Waals surface area contributed by atoms with Crippen LogP contribution in [0.1, 0.15) is 36.6 Å². The van der Waals surface area contributed by atoms with Gasteiger partial charge in [-0.05, 0) is 77.4 Å². The first-order chi connectivity index (χ1) is 23.0. The molecule has 1 atom stereocenters. The van der Waals surface area contributed by atoms with Crippen molar-refractivity contribution in [1.29, 1.82) is 0 Å². The molecule has 1 heterocycles. The quantitative estimate of drug-likeness (QED) is 0.0691. The molecule has 3 N–H and O–H groups in total. The van der Waals surface area contributed by atoms with Crippen LogP contribution in [0.5, 0.6) is 23.0 Å². The number of rotatable bonds is 14. The highest BCUT2D eigenvalue weighted by atomic mass is 127. The van der Waals surface area contributed by atoms with Crippen molar-refractivity contribution in [3.63, 3.8) is 0 Å². The van der Waals surface area contributed by atoms with Gasteiger partial charge in [-0.2, -0.15) is 5.10 Å². The number of carbonyl (C=O) groups excluding carboxylic acids is 3. The number of allylic oxidation sites excluding steroid dienone is 1. The van der Waals surface area contributed by atoms with Gasteiger partial charge in [-0.3, -0.25) is 14.9 Å². The summed E-state index contributed by atoms with van der Waals surface area (Å²) in [6, 6.07) is 13.1. The Morgan fingerprint density at radius 1 is 1.06 bits per heavy atom. The first-order valence-electron chi connectivity index (χ1n) is 14.4. The third kappa shape index (κ3) is 8.90. The Morgan fingerprint density at radius 3 is 2.54 bits per heavy atom. The van der Waals surface area contributed by atoms with Crippen molar-refractivity contribution >= 4 is 52.4 Å². The van der Waals surface area contributed by atoms with Gasteiger partial charge < -0.3 is 34.3 Å². The normalized spacial score (nSPS) is 14.1. The van der Waals surface area contributed by atoms with E-state index in [2.05, 4.69) is 43.8 Å².